The normalized spacial score (nSPS) is 51.8. The predicted octanol–water partition coefficient (Wildman–Crippen LogP) is 5.76. The van der Waals surface area contributed by atoms with Gasteiger partial charge in [-0.15, -0.1) is 6.58 Å². The second kappa shape index (κ2) is 6.13. The van der Waals surface area contributed by atoms with Gasteiger partial charge in [0.1, 0.15) is 6.10 Å². The molecule has 4 fully saturated rings. The Morgan fingerprint density at radius 1 is 1.00 bits per heavy atom. The van der Waals surface area contributed by atoms with Gasteiger partial charge in [-0.05, 0) is 98.2 Å². The molecule has 0 aromatic rings. The van der Waals surface area contributed by atoms with Gasteiger partial charge < -0.3 is 4.74 Å². The van der Waals surface area contributed by atoms with E-state index >= 15 is 0 Å². The van der Waals surface area contributed by atoms with Crippen molar-refractivity contribution < 1.29 is 9.53 Å². The third-order valence-corrected chi connectivity index (χ3v) is 9.31. The van der Waals surface area contributed by atoms with Gasteiger partial charge in [0, 0.05) is 6.92 Å². The van der Waals surface area contributed by atoms with Crippen LogP contribution in [0.1, 0.15) is 78.6 Å². The largest absolute Gasteiger partial charge is 0.463 e. The zero-order chi connectivity index (χ0) is 17.8. The summed E-state index contributed by atoms with van der Waals surface area (Å²) in [7, 11) is 0. The summed E-state index contributed by atoms with van der Waals surface area (Å²) >= 11 is 0. The molecule has 0 N–H and O–H groups in total. The number of carbonyl (C=O) groups excluding carboxylic acids is 1. The highest BCUT2D eigenvalue weighted by molar-refractivity contribution is 5.66. The average molecular weight is 345 g/mol. The van der Waals surface area contributed by atoms with Crippen LogP contribution in [0.25, 0.3) is 0 Å². The van der Waals surface area contributed by atoms with E-state index in [-0.39, 0.29) is 12.1 Å². The third kappa shape index (κ3) is 2.61. The van der Waals surface area contributed by atoms with Gasteiger partial charge in [-0.2, -0.15) is 0 Å². The van der Waals surface area contributed by atoms with E-state index in [4.69, 9.17) is 4.74 Å². The quantitative estimate of drug-likeness (QED) is 0.470. The molecule has 0 saturated heterocycles. The number of hydrogen-bond acceptors (Lipinski definition) is 2. The topological polar surface area (TPSA) is 26.3 Å². The highest BCUT2D eigenvalue weighted by Gasteiger charge is 2.59. The summed E-state index contributed by atoms with van der Waals surface area (Å²) in [5.74, 6) is 4.13. The van der Waals surface area contributed by atoms with Crippen molar-refractivity contribution in [2.45, 2.75) is 84.7 Å². The van der Waals surface area contributed by atoms with E-state index in [0.717, 1.165) is 42.4 Å². The summed E-state index contributed by atoms with van der Waals surface area (Å²) in [4.78, 5) is 11.4. The van der Waals surface area contributed by atoms with Crippen LogP contribution >= 0.6 is 0 Å². The highest BCUT2D eigenvalue weighted by Crippen LogP contribution is 2.67. The van der Waals surface area contributed by atoms with Gasteiger partial charge in [0.05, 0.1) is 0 Å². The van der Waals surface area contributed by atoms with Gasteiger partial charge in [-0.3, -0.25) is 4.79 Å². The van der Waals surface area contributed by atoms with Crippen LogP contribution < -0.4 is 0 Å². The van der Waals surface area contributed by atoms with E-state index in [1.807, 2.05) is 0 Å². The lowest BCUT2D eigenvalue weighted by atomic mass is 9.44. The van der Waals surface area contributed by atoms with Gasteiger partial charge >= 0.3 is 5.97 Å². The molecule has 0 bridgehead atoms. The minimum atomic E-state index is -0.0999. The van der Waals surface area contributed by atoms with Crippen molar-refractivity contribution in [2.24, 2.45) is 40.4 Å². The minimum absolute atomic E-state index is 0.0999. The maximum Gasteiger partial charge on any atom is 0.302 e. The Morgan fingerprint density at radius 2 is 1.72 bits per heavy atom. The van der Waals surface area contributed by atoms with Crippen LogP contribution in [-0.4, -0.2) is 12.1 Å². The fraction of sp³-hybridized carbons (Fsp3) is 0.870. The van der Waals surface area contributed by atoms with Crippen molar-refractivity contribution in [1.82, 2.24) is 0 Å². The van der Waals surface area contributed by atoms with E-state index in [9.17, 15) is 4.79 Å². The van der Waals surface area contributed by atoms with E-state index in [0.29, 0.717) is 10.8 Å². The molecule has 25 heavy (non-hydrogen) atoms. The molecule has 4 aliphatic rings. The average Bonchev–Trinajstić information content (AvgIpc) is 2.91. The van der Waals surface area contributed by atoms with Crippen LogP contribution in [0.4, 0.5) is 0 Å². The summed E-state index contributed by atoms with van der Waals surface area (Å²) in [6, 6.07) is 0. The Bertz CT molecular complexity index is 554. The number of esters is 1. The highest BCUT2D eigenvalue weighted by atomic mass is 16.5. The monoisotopic (exact) mass is 344 g/mol. The first-order chi connectivity index (χ1) is 11.9. The van der Waals surface area contributed by atoms with Crippen molar-refractivity contribution in [2.75, 3.05) is 0 Å². The van der Waals surface area contributed by atoms with Crippen LogP contribution in [0.3, 0.4) is 0 Å². The van der Waals surface area contributed by atoms with Crippen molar-refractivity contribution >= 4 is 5.97 Å². The molecule has 0 aliphatic heterocycles. The van der Waals surface area contributed by atoms with Crippen LogP contribution in [0.2, 0.25) is 0 Å². The summed E-state index contributed by atoms with van der Waals surface area (Å²) in [5.41, 5.74) is 0.994. The smallest absolute Gasteiger partial charge is 0.302 e. The molecule has 0 amide bonds. The summed E-state index contributed by atoms with van der Waals surface area (Å²) < 4.78 is 5.59. The molecular weight excluding hydrogens is 308 g/mol. The van der Waals surface area contributed by atoms with E-state index in [1.165, 1.54) is 44.9 Å². The number of fused-ring (bicyclic) bond motifs is 5. The maximum absolute atomic E-state index is 11.4. The minimum Gasteiger partial charge on any atom is -0.463 e. The van der Waals surface area contributed by atoms with Crippen LogP contribution in [0.5, 0.6) is 0 Å². The van der Waals surface area contributed by atoms with Crippen LogP contribution in [0.15, 0.2) is 12.7 Å². The standard InChI is InChI=1S/C23H36O2/c1-5-16-7-9-20-19-8-6-17-14-18(25-15(2)24)10-12-23(17,4)21(19)11-13-22(16,20)3/h5,16-21H,1,6-14H2,2-4H3/t16-,17?,18?,19-,20-,21-,22+,23-/m0/s1. The summed E-state index contributed by atoms with van der Waals surface area (Å²) in [6.07, 6.45) is 14.2. The van der Waals surface area contributed by atoms with Crippen molar-refractivity contribution in [3.8, 4) is 0 Å². The first-order valence-corrected chi connectivity index (χ1v) is 10.7. The fourth-order valence-corrected chi connectivity index (χ4v) is 7.99. The molecule has 0 aromatic heterocycles. The lowest BCUT2D eigenvalue weighted by Crippen LogP contribution is -2.54. The molecule has 2 nitrogen and oxygen atoms in total. The molecule has 0 heterocycles. The molecule has 4 saturated carbocycles. The number of carbonyl (C=O) groups is 1. The Hall–Kier alpha value is -0.790. The lowest BCUT2D eigenvalue weighted by Gasteiger charge is -2.61. The van der Waals surface area contributed by atoms with Gasteiger partial charge in [0.25, 0.3) is 0 Å². The SMILES string of the molecule is C=C[C@H]1CC[C@H]2[C@@H]3CCC4CC(OC(C)=O)CC[C@]4(C)[C@H]3CC[C@]12C. The molecule has 2 heteroatoms. The van der Waals surface area contributed by atoms with Gasteiger partial charge in [-0.1, -0.05) is 19.9 Å². The third-order valence-electron chi connectivity index (χ3n) is 9.31. The molecule has 2 unspecified atom stereocenters. The van der Waals surface area contributed by atoms with Crippen LogP contribution in [-0.2, 0) is 9.53 Å². The zero-order valence-electron chi connectivity index (χ0n) is 16.4. The number of hydrogen-bond donors (Lipinski definition) is 0. The zero-order valence-corrected chi connectivity index (χ0v) is 16.4. The molecule has 4 aliphatic carbocycles. The maximum atomic E-state index is 11.4. The number of ether oxygens (including phenoxy) is 1. The Kier molecular flexibility index (Phi) is 4.32. The Morgan fingerprint density at radius 3 is 2.44 bits per heavy atom. The van der Waals surface area contributed by atoms with Gasteiger partial charge in [-0.25, -0.2) is 0 Å². The molecule has 140 valence electrons. The first kappa shape index (κ1) is 17.6. The fourth-order valence-electron chi connectivity index (χ4n) is 7.99. The first-order valence-electron chi connectivity index (χ1n) is 10.7. The Labute approximate surface area is 153 Å². The predicted molar refractivity (Wildman–Crippen MR) is 101 cm³/mol. The summed E-state index contributed by atoms with van der Waals surface area (Å²) in [6.45, 7) is 10.9. The molecule has 0 aromatic carbocycles. The van der Waals surface area contributed by atoms with Crippen molar-refractivity contribution in [3.63, 3.8) is 0 Å². The molecule has 0 spiro atoms. The van der Waals surface area contributed by atoms with Crippen molar-refractivity contribution in [1.29, 1.82) is 0 Å². The van der Waals surface area contributed by atoms with Crippen molar-refractivity contribution in [3.05, 3.63) is 12.7 Å². The van der Waals surface area contributed by atoms with Crippen LogP contribution in [0, 0.1) is 40.4 Å². The molecular formula is C23H36O2. The Balaban J connectivity index is 1.53. The van der Waals surface area contributed by atoms with E-state index in [1.54, 1.807) is 6.92 Å². The molecule has 0 radical (unpaired) electrons. The number of rotatable bonds is 2. The second-order valence-electron chi connectivity index (χ2n) is 10.1. The van der Waals surface area contributed by atoms with Gasteiger partial charge in [0.15, 0.2) is 0 Å². The van der Waals surface area contributed by atoms with E-state index in [2.05, 4.69) is 26.5 Å². The number of allylic oxidation sites excluding steroid dienone is 1. The summed E-state index contributed by atoms with van der Waals surface area (Å²) in [5, 5.41) is 0. The molecule has 4 rings (SSSR count). The second-order valence-corrected chi connectivity index (χ2v) is 10.1. The van der Waals surface area contributed by atoms with E-state index < -0.39 is 0 Å². The lowest BCUT2D eigenvalue weighted by molar-refractivity contribution is -0.159. The van der Waals surface area contributed by atoms with Gasteiger partial charge in [0.2, 0.25) is 0 Å². The molecule has 8 atom stereocenters.